The Hall–Kier alpha value is -2.62. The van der Waals surface area contributed by atoms with Gasteiger partial charge in [-0.2, -0.15) is 0 Å². The van der Waals surface area contributed by atoms with Crippen LogP contribution in [0.4, 0.5) is 5.69 Å². The smallest absolute Gasteiger partial charge is 0.303 e. The quantitative estimate of drug-likeness (QED) is 0.642. The average Bonchev–Trinajstić information content (AvgIpc) is 2.51. The minimum absolute atomic E-state index is 0.190. The minimum Gasteiger partial charge on any atom is -0.450 e. The van der Waals surface area contributed by atoms with Gasteiger partial charge < -0.3 is 4.74 Å². The molecule has 0 spiro atoms. The molecule has 4 nitrogen and oxygen atoms in total. The van der Waals surface area contributed by atoms with Gasteiger partial charge in [0, 0.05) is 12.6 Å². The van der Waals surface area contributed by atoms with Crippen LogP contribution in [0.1, 0.15) is 18.5 Å². The Kier molecular flexibility index (Phi) is 3.44. The largest absolute Gasteiger partial charge is 0.450 e. The van der Waals surface area contributed by atoms with E-state index in [4.69, 9.17) is 4.74 Å². The second kappa shape index (κ2) is 5.40. The van der Waals surface area contributed by atoms with Gasteiger partial charge in [0.05, 0.1) is 0 Å². The molecular formula is C17H15NO3. The molecule has 1 saturated heterocycles. The number of rotatable bonds is 3. The second-order valence-corrected chi connectivity index (χ2v) is 4.93. The zero-order chi connectivity index (χ0) is 14.8. The highest BCUT2D eigenvalue weighted by Crippen LogP contribution is 2.40. The zero-order valence-corrected chi connectivity index (χ0v) is 11.6. The normalized spacial score (nSPS) is 20.8. The Labute approximate surface area is 123 Å². The van der Waals surface area contributed by atoms with Crippen molar-refractivity contribution in [2.24, 2.45) is 0 Å². The van der Waals surface area contributed by atoms with Crippen molar-refractivity contribution in [2.75, 3.05) is 4.90 Å². The third kappa shape index (κ3) is 2.40. The Morgan fingerprint density at radius 1 is 1.00 bits per heavy atom. The van der Waals surface area contributed by atoms with E-state index in [2.05, 4.69) is 0 Å². The zero-order valence-electron chi connectivity index (χ0n) is 11.6. The summed E-state index contributed by atoms with van der Waals surface area (Å²) in [6.45, 7) is 1.32. The molecule has 0 unspecified atom stereocenters. The van der Waals surface area contributed by atoms with Gasteiger partial charge in [-0.05, 0) is 17.7 Å². The number of para-hydroxylation sites is 1. The fraction of sp³-hybridized carbons (Fsp3) is 0.176. The number of carbonyl (C=O) groups is 2. The van der Waals surface area contributed by atoms with Crippen LogP contribution in [0.5, 0.6) is 0 Å². The maximum atomic E-state index is 12.3. The van der Waals surface area contributed by atoms with E-state index in [1.165, 1.54) is 6.92 Å². The lowest BCUT2D eigenvalue weighted by Gasteiger charge is -2.46. The van der Waals surface area contributed by atoms with E-state index in [9.17, 15) is 9.59 Å². The fourth-order valence-corrected chi connectivity index (χ4v) is 2.61. The van der Waals surface area contributed by atoms with Crippen molar-refractivity contribution in [3.63, 3.8) is 0 Å². The summed E-state index contributed by atoms with van der Waals surface area (Å²) in [6, 6.07) is 18.7. The van der Waals surface area contributed by atoms with E-state index < -0.39 is 12.1 Å². The predicted octanol–water partition coefficient (Wildman–Crippen LogP) is 2.71. The maximum absolute atomic E-state index is 12.3. The molecule has 2 aromatic carbocycles. The number of ether oxygens (including phenoxy) is 1. The van der Waals surface area contributed by atoms with Crippen molar-refractivity contribution in [3.05, 3.63) is 66.2 Å². The topological polar surface area (TPSA) is 46.6 Å². The molecular weight excluding hydrogens is 266 g/mol. The monoisotopic (exact) mass is 281 g/mol. The van der Waals surface area contributed by atoms with Gasteiger partial charge in [0.15, 0.2) is 0 Å². The number of anilines is 1. The summed E-state index contributed by atoms with van der Waals surface area (Å²) in [5, 5.41) is 0. The Balaban J connectivity index is 1.96. The number of nitrogens with zero attached hydrogens (tertiary/aromatic N) is 1. The number of β-lactam (4-membered cyclic amide) rings is 1. The van der Waals surface area contributed by atoms with Crippen LogP contribution in [0, 0.1) is 0 Å². The molecule has 2 atom stereocenters. The molecule has 0 N–H and O–H groups in total. The second-order valence-electron chi connectivity index (χ2n) is 4.93. The highest BCUT2D eigenvalue weighted by Gasteiger charge is 2.51. The molecule has 0 radical (unpaired) electrons. The molecule has 1 fully saturated rings. The van der Waals surface area contributed by atoms with Crippen LogP contribution in [0.25, 0.3) is 0 Å². The van der Waals surface area contributed by atoms with Crippen LogP contribution in [0.15, 0.2) is 60.7 Å². The van der Waals surface area contributed by atoms with Crippen molar-refractivity contribution in [3.8, 4) is 0 Å². The van der Waals surface area contributed by atoms with Gasteiger partial charge in [0.25, 0.3) is 5.91 Å². The third-order valence-electron chi connectivity index (χ3n) is 3.51. The maximum Gasteiger partial charge on any atom is 0.303 e. The first-order valence-electron chi connectivity index (χ1n) is 6.79. The van der Waals surface area contributed by atoms with E-state index in [-0.39, 0.29) is 11.9 Å². The fourth-order valence-electron chi connectivity index (χ4n) is 2.61. The Bertz CT molecular complexity index is 654. The molecule has 0 aromatic heterocycles. The van der Waals surface area contributed by atoms with Crippen LogP contribution >= 0.6 is 0 Å². The third-order valence-corrected chi connectivity index (χ3v) is 3.51. The van der Waals surface area contributed by atoms with Crippen LogP contribution < -0.4 is 4.90 Å². The first-order valence-corrected chi connectivity index (χ1v) is 6.79. The number of amides is 1. The standard InChI is InChI=1S/C17H15NO3/c1-12(19)21-16-15(13-8-4-2-5-9-13)18(17(16)20)14-10-6-3-7-11-14/h2-11,15-16H,1H3/t15-,16+/m0/s1. The van der Waals surface area contributed by atoms with E-state index in [1.807, 2.05) is 60.7 Å². The Morgan fingerprint density at radius 2 is 1.57 bits per heavy atom. The summed E-state index contributed by atoms with van der Waals surface area (Å²) >= 11 is 0. The summed E-state index contributed by atoms with van der Waals surface area (Å²) in [7, 11) is 0. The van der Waals surface area contributed by atoms with Crippen molar-refractivity contribution < 1.29 is 14.3 Å². The van der Waals surface area contributed by atoms with Crippen molar-refractivity contribution in [1.29, 1.82) is 0 Å². The number of hydrogen-bond acceptors (Lipinski definition) is 3. The lowest BCUT2D eigenvalue weighted by atomic mass is 9.89. The lowest BCUT2D eigenvalue weighted by molar-refractivity contribution is -0.160. The van der Waals surface area contributed by atoms with E-state index in [0.717, 1.165) is 11.3 Å². The van der Waals surface area contributed by atoms with Gasteiger partial charge in [-0.1, -0.05) is 48.5 Å². The molecule has 4 heteroatoms. The summed E-state index contributed by atoms with van der Waals surface area (Å²) in [5.41, 5.74) is 1.76. The van der Waals surface area contributed by atoms with Gasteiger partial charge in [-0.15, -0.1) is 0 Å². The van der Waals surface area contributed by atoms with Crippen molar-refractivity contribution in [2.45, 2.75) is 19.1 Å². The van der Waals surface area contributed by atoms with Crippen LogP contribution in [0.3, 0.4) is 0 Å². The van der Waals surface area contributed by atoms with Gasteiger partial charge >= 0.3 is 5.97 Å². The average molecular weight is 281 g/mol. The van der Waals surface area contributed by atoms with Crippen molar-refractivity contribution in [1.82, 2.24) is 0 Å². The van der Waals surface area contributed by atoms with E-state index in [1.54, 1.807) is 4.90 Å². The number of esters is 1. The molecule has 1 amide bonds. The highest BCUT2D eigenvalue weighted by molar-refractivity contribution is 6.05. The van der Waals surface area contributed by atoms with Gasteiger partial charge in [-0.3, -0.25) is 14.5 Å². The first kappa shape index (κ1) is 13.4. The van der Waals surface area contributed by atoms with Gasteiger partial charge in [0.2, 0.25) is 6.10 Å². The molecule has 21 heavy (non-hydrogen) atoms. The summed E-state index contributed by atoms with van der Waals surface area (Å²) in [6.07, 6.45) is -0.745. The predicted molar refractivity (Wildman–Crippen MR) is 78.7 cm³/mol. The molecule has 1 aliphatic heterocycles. The SMILES string of the molecule is CC(=O)O[C@H]1C(=O)N(c2ccccc2)[C@H]1c1ccccc1. The summed E-state index contributed by atoms with van der Waals surface area (Å²) < 4.78 is 5.19. The van der Waals surface area contributed by atoms with Crippen molar-refractivity contribution >= 4 is 17.6 Å². The summed E-state index contributed by atoms with van der Waals surface area (Å²) in [5.74, 6) is -0.632. The number of hydrogen-bond donors (Lipinski definition) is 0. The Morgan fingerprint density at radius 3 is 2.14 bits per heavy atom. The number of carbonyl (C=O) groups excluding carboxylic acids is 2. The van der Waals surface area contributed by atoms with Crippen LogP contribution in [-0.2, 0) is 14.3 Å². The number of benzene rings is 2. The van der Waals surface area contributed by atoms with Gasteiger partial charge in [0.1, 0.15) is 6.04 Å². The molecule has 106 valence electrons. The molecule has 0 saturated carbocycles. The minimum atomic E-state index is -0.745. The molecule has 0 bridgehead atoms. The molecule has 1 aliphatic rings. The molecule has 2 aromatic rings. The highest BCUT2D eigenvalue weighted by atomic mass is 16.6. The van der Waals surface area contributed by atoms with Gasteiger partial charge in [-0.25, -0.2) is 0 Å². The molecule has 1 heterocycles. The lowest BCUT2D eigenvalue weighted by Crippen LogP contribution is -2.60. The van der Waals surface area contributed by atoms with E-state index >= 15 is 0 Å². The van der Waals surface area contributed by atoms with Crippen LogP contribution in [-0.4, -0.2) is 18.0 Å². The van der Waals surface area contributed by atoms with Crippen LogP contribution in [0.2, 0.25) is 0 Å². The summed E-state index contributed by atoms with van der Waals surface area (Å²) in [4.78, 5) is 25.2. The molecule has 0 aliphatic carbocycles. The molecule has 3 rings (SSSR count). The van der Waals surface area contributed by atoms with E-state index in [0.29, 0.717) is 0 Å². The first-order chi connectivity index (χ1) is 10.2.